The molecule has 0 aliphatic carbocycles. The third-order valence-corrected chi connectivity index (χ3v) is 4.96. The van der Waals surface area contributed by atoms with E-state index in [1.165, 1.54) is 17.3 Å². The Hall–Kier alpha value is -2.01. The minimum absolute atomic E-state index is 0.139. The summed E-state index contributed by atoms with van der Waals surface area (Å²) in [4.78, 5) is 20.2. The summed E-state index contributed by atoms with van der Waals surface area (Å²) in [5, 5.41) is 1.93. The lowest BCUT2D eigenvalue weighted by molar-refractivity contribution is 0.102. The number of Topliss-reactive ketones (excluding diaryl/α,β-unsaturated/α-hetero) is 1. The Morgan fingerprint density at radius 2 is 2.22 bits per heavy atom. The Balaban J connectivity index is 1.77. The predicted octanol–water partition coefficient (Wildman–Crippen LogP) is 4.31. The molecule has 0 fully saturated rings. The maximum Gasteiger partial charge on any atom is 0.175 e. The maximum absolute atomic E-state index is 12.6. The van der Waals surface area contributed by atoms with Crippen LogP contribution in [-0.4, -0.2) is 26.1 Å². The van der Waals surface area contributed by atoms with Gasteiger partial charge in [-0.05, 0) is 18.4 Å². The maximum atomic E-state index is 12.6. The van der Waals surface area contributed by atoms with Gasteiger partial charge in [-0.1, -0.05) is 43.8 Å². The molecule has 0 aliphatic heterocycles. The van der Waals surface area contributed by atoms with E-state index in [4.69, 9.17) is 0 Å². The molecule has 0 spiro atoms. The monoisotopic (exact) mass is 327 g/mol. The summed E-state index contributed by atoms with van der Waals surface area (Å²) in [6.07, 6.45) is 7.61. The fourth-order valence-electron chi connectivity index (χ4n) is 2.80. The van der Waals surface area contributed by atoms with Crippen molar-refractivity contribution in [1.29, 1.82) is 0 Å². The third kappa shape index (κ3) is 3.20. The van der Waals surface area contributed by atoms with Crippen LogP contribution < -0.4 is 0 Å². The number of aromatic nitrogens is 3. The highest BCUT2D eigenvalue weighted by Gasteiger charge is 2.15. The number of thioether (sulfide) groups is 1. The van der Waals surface area contributed by atoms with Crippen molar-refractivity contribution in [3.05, 3.63) is 47.9 Å². The quantitative estimate of drug-likeness (QED) is 0.519. The number of carbonyl (C=O) groups excluding carboxylic acids is 1. The topological polar surface area (TPSA) is 50.7 Å². The minimum Gasteiger partial charge on any atom is -0.360 e. The van der Waals surface area contributed by atoms with Gasteiger partial charge < -0.3 is 9.55 Å². The van der Waals surface area contributed by atoms with Crippen molar-refractivity contribution in [3.8, 4) is 0 Å². The lowest BCUT2D eigenvalue weighted by Crippen LogP contribution is -2.04. The number of hydrogen-bond acceptors (Lipinski definition) is 3. The van der Waals surface area contributed by atoms with Gasteiger partial charge in [-0.15, -0.1) is 0 Å². The first kappa shape index (κ1) is 15.9. The number of H-pyrrole nitrogens is 1. The molecule has 0 saturated heterocycles. The molecule has 0 atom stereocenters. The molecule has 0 amide bonds. The van der Waals surface area contributed by atoms with Crippen LogP contribution in [0.4, 0.5) is 0 Å². The number of nitrogens with one attached hydrogen (secondary N) is 1. The highest BCUT2D eigenvalue weighted by Crippen LogP contribution is 2.25. The van der Waals surface area contributed by atoms with Crippen LogP contribution in [0.2, 0.25) is 0 Å². The molecule has 120 valence electrons. The van der Waals surface area contributed by atoms with Crippen molar-refractivity contribution in [1.82, 2.24) is 14.5 Å². The van der Waals surface area contributed by atoms with Gasteiger partial charge in [0.1, 0.15) is 0 Å². The second-order valence-corrected chi connectivity index (χ2v) is 6.45. The molecule has 3 aromatic rings. The van der Waals surface area contributed by atoms with Gasteiger partial charge >= 0.3 is 0 Å². The van der Waals surface area contributed by atoms with E-state index in [-0.39, 0.29) is 5.78 Å². The molecule has 1 N–H and O–H groups in total. The smallest absolute Gasteiger partial charge is 0.175 e. The first-order chi connectivity index (χ1) is 11.2. The van der Waals surface area contributed by atoms with Crippen LogP contribution in [0.25, 0.3) is 10.9 Å². The molecule has 5 heteroatoms. The van der Waals surface area contributed by atoms with Crippen molar-refractivity contribution in [2.75, 3.05) is 5.75 Å². The zero-order valence-corrected chi connectivity index (χ0v) is 14.3. The zero-order chi connectivity index (χ0) is 16.2. The fourth-order valence-corrected chi connectivity index (χ4v) is 3.67. The number of carbonyl (C=O) groups is 1. The van der Waals surface area contributed by atoms with Gasteiger partial charge in [-0.2, -0.15) is 0 Å². The van der Waals surface area contributed by atoms with Crippen LogP contribution >= 0.6 is 11.8 Å². The van der Waals surface area contributed by atoms with E-state index in [1.807, 2.05) is 24.5 Å². The SMILES string of the molecule is CCCn1ccnc1SCC(=O)c1c[nH]c2c(CC)cccc12. The Morgan fingerprint density at radius 1 is 1.35 bits per heavy atom. The van der Waals surface area contributed by atoms with Crippen LogP contribution in [-0.2, 0) is 13.0 Å². The van der Waals surface area contributed by atoms with Crippen LogP contribution in [0.1, 0.15) is 36.2 Å². The van der Waals surface area contributed by atoms with Crippen LogP contribution in [0.15, 0.2) is 41.9 Å². The molecule has 4 nitrogen and oxygen atoms in total. The molecule has 0 aliphatic rings. The lowest BCUT2D eigenvalue weighted by Gasteiger charge is -2.05. The Bertz CT molecular complexity index is 819. The number of benzene rings is 1. The van der Waals surface area contributed by atoms with E-state index in [0.29, 0.717) is 5.75 Å². The van der Waals surface area contributed by atoms with Gasteiger partial charge in [-0.3, -0.25) is 4.79 Å². The van der Waals surface area contributed by atoms with Crippen LogP contribution in [0.3, 0.4) is 0 Å². The Kier molecular flexibility index (Phi) is 4.86. The first-order valence-electron chi connectivity index (χ1n) is 8.00. The van der Waals surface area contributed by atoms with E-state index in [9.17, 15) is 4.79 Å². The van der Waals surface area contributed by atoms with E-state index < -0.39 is 0 Å². The summed E-state index contributed by atoms with van der Waals surface area (Å²) in [7, 11) is 0. The summed E-state index contributed by atoms with van der Waals surface area (Å²) >= 11 is 1.51. The number of fused-ring (bicyclic) bond motifs is 1. The highest BCUT2D eigenvalue weighted by molar-refractivity contribution is 7.99. The summed E-state index contributed by atoms with van der Waals surface area (Å²) in [5.41, 5.74) is 3.10. The average Bonchev–Trinajstić information content (AvgIpc) is 3.19. The average molecular weight is 327 g/mol. The molecule has 0 bridgehead atoms. The number of rotatable bonds is 7. The van der Waals surface area contributed by atoms with Crippen LogP contribution in [0.5, 0.6) is 0 Å². The predicted molar refractivity (Wildman–Crippen MR) is 95.2 cm³/mol. The second-order valence-electron chi connectivity index (χ2n) is 5.51. The van der Waals surface area contributed by atoms with Gasteiger partial charge in [0.05, 0.1) is 5.75 Å². The summed E-state index contributed by atoms with van der Waals surface area (Å²) in [5.74, 6) is 0.546. The summed E-state index contributed by atoms with van der Waals surface area (Å²) in [6, 6.07) is 6.14. The molecule has 1 aromatic carbocycles. The number of aryl methyl sites for hydroxylation is 2. The molecule has 0 saturated carbocycles. The summed E-state index contributed by atoms with van der Waals surface area (Å²) in [6.45, 7) is 5.20. The van der Waals surface area contributed by atoms with Crippen molar-refractivity contribution in [2.24, 2.45) is 0 Å². The Labute approximate surface area is 140 Å². The molecule has 23 heavy (non-hydrogen) atoms. The zero-order valence-electron chi connectivity index (χ0n) is 13.5. The standard InChI is InChI=1S/C18H21N3OS/c1-3-9-21-10-8-19-18(21)23-12-16(22)15-11-20-17-13(4-2)6-5-7-14(15)17/h5-8,10-11,20H,3-4,9,12H2,1-2H3. The normalized spacial score (nSPS) is 11.2. The first-order valence-corrected chi connectivity index (χ1v) is 8.99. The largest absolute Gasteiger partial charge is 0.360 e. The number of para-hydroxylation sites is 1. The van der Waals surface area contributed by atoms with Crippen molar-refractivity contribution >= 4 is 28.4 Å². The number of aromatic amines is 1. The van der Waals surface area contributed by atoms with Crippen molar-refractivity contribution < 1.29 is 4.79 Å². The third-order valence-electron chi connectivity index (χ3n) is 3.96. The van der Waals surface area contributed by atoms with Crippen molar-refractivity contribution in [3.63, 3.8) is 0 Å². The van der Waals surface area contributed by atoms with Gasteiger partial charge in [0.25, 0.3) is 0 Å². The number of nitrogens with zero attached hydrogens (tertiary/aromatic N) is 2. The van der Waals surface area contributed by atoms with E-state index in [1.54, 1.807) is 6.20 Å². The second kappa shape index (κ2) is 7.04. The highest BCUT2D eigenvalue weighted by atomic mass is 32.2. The molecule has 0 unspecified atom stereocenters. The molecular weight excluding hydrogens is 306 g/mol. The molecule has 2 heterocycles. The molecule has 0 radical (unpaired) electrons. The minimum atomic E-state index is 0.139. The van der Waals surface area contributed by atoms with E-state index >= 15 is 0 Å². The van der Waals surface area contributed by atoms with Crippen LogP contribution in [0, 0.1) is 0 Å². The lowest BCUT2D eigenvalue weighted by atomic mass is 10.1. The molecular formula is C18H21N3OS. The van der Waals surface area contributed by atoms with Gasteiger partial charge in [0.2, 0.25) is 0 Å². The van der Waals surface area contributed by atoms with Crippen molar-refractivity contribution in [2.45, 2.75) is 38.4 Å². The fraction of sp³-hybridized carbons (Fsp3) is 0.333. The summed E-state index contributed by atoms with van der Waals surface area (Å²) < 4.78 is 2.10. The number of ketones is 1. The van der Waals surface area contributed by atoms with E-state index in [0.717, 1.165) is 41.0 Å². The van der Waals surface area contributed by atoms with E-state index in [2.05, 4.69) is 34.4 Å². The number of hydrogen-bond donors (Lipinski definition) is 1. The number of imidazole rings is 1. The molecule has 3 rings (SSSR count). The Morgan fingerprint density at radius 3 is 3.00 bits per heavy atom. The molecule has 2 aromatic heterocycles. The van der Waals surface area contributed by atoms with Gasteiger partial charge in [-0.25, -0.2) is 4.98 Å². The van der Waals surface area contributed by atoms with Gasteiger partial charge in [0.15, 0.2) is 10.9 Å². The van der Waals surface area contributed by atoms with Gasteiger partial charge in [0, 0.05) is 41.6 Å².